The molecular weight excluding hydrogens is 370 g/mol. The molecule has 1 heterocycles. The number of para-hydroxylation sites is 1. The number of carbonyl (C=O) groups excluding carboxylic acids is 2. The van der Waals surface area contributed by atoms with Crippen molar-refractivity contribution in [1.82, 2.24) is 9.80 Å². The second-order valence-electron chi connectivity index (χ2n) is 7.89. The molecule has 0 spiro atoms. The number of fused-ring (bicyclic) bond motifs is 1. The molecular formula is C22H35N3O4. The number of nitrogens with zero attached hydrogens (tertiary/aromatic N) is 3. The highest BCUT2D eigenvalue weighted by molar-refractivity contribution is 5.92. The Hall–Kier alpha value is -1.96. The van der Waals surface area contributed by atoms with Crippen LogP contribution in [0.1, 0.15) is 44.6 Å². The van der Waals surface area contributed by atoms with Crippen molar-refractivity contribution in [2.24, 2.45) is 0 Å². The van der Waals surface area contributed by atoms with Crippen LogP contribution in [0.5, 0.6) is 0 Å². The minimum absolute atomic E-state index is 0.0369. The van der Waals surface area contributed by atoms with Crippen molar-refractivity contribution in [1.29, 1.82) is 0 Å². The lowest BCUT2D eigenvalue weighted by molar-refractivity contribution is -0.132. The fourth-order valence-electron chi connectivity index (χ4n) is 3.73. The zero-order chi connectivity index (χ0) is 21.2. The lowest BCUT2D eigenvalue weighted by Crippen LogP contribution is -2.42. The van der Waals surface area contributed by atoms with E-state index in [-0.39, 0.29) is 31.5 Å². The van der Waals surface area contributed by atoms with E-state index in [4.69, 9.17) is 5.11 Å². The maximum absolute atomic E-state index is 12.6. The molecule has 0 aliphatic carbocycles. The third kappa shape index (κ3) is 7.42. The molecule has 0 saturated heterocycles. The highest BCUT2D eigenvalue weighted by atomic mass is 16.3. The minimum atomic E-state index is -0.930. The van der Waals surface area contributed by atoms with Gasteiger partial charge in [0.05, 0.1) is 19.3 Å². The van der Waals surface area contributed by atoms with Crippen molar-refractivity contribution in [3.05, 3.63) is 29.8 Å². The smallest absolute Gasteiger partial charge is 0.236 e. The van der Waals surface area contributed by atoms with Crippen LogP contribution in [0.4, 0.5) is 5.69 Å². The van der Waals surface area contributed by atoms with Crippen molar-refractivity contribution in [2.45, 2.75) is 51.7 Å². The maximum Gasteiger partial charge on any atom is 0.236 e. The van der Waals surface area contributed by atoms with Crippen LogP contribution in [0.25, 0.3) is 0 Å². The van der Waals surface area contributed by atoms with Gasteiger partial charge in [0.1, 0.15) is 0 Å². The Bertz CT molecular complexity index is 667. The molecule has 1 aliphatic heterocycles. The second-order valence-corrected chi connectivity index (χ2v) is 7.89. The summed E-state index contributed by atoms with van der Waals surface area (Å²) in [5.41, 5.74) is 1.95. The van der Waals surface area contributed by atoms with E-state index < -0.39 is 6.10 Å². The van der Waals surface area contributed by atoms with Gasteiger partial charge < -0.3 is 20.0 Å². The van der Waals surface area contributed by atoms with Crippen LogP contribution in [0.15, 0.2) is 24.3 Å². The molecule has 0 aromatic heterocycles. The molecule has 1 atom stereocenters. The minimum Gasteiger partial charge on any atom is -0.394 e. The number of hydrogen-bond acceptors (Lipinski definition) is 5. The summed E-state index contributed by atoms with van der Waals surface area (Å²) < 4.78 is 0. The van der Waals surface area contributed by atoms with E-state index in [1.54, 1.807) is 14.0 Å². The van der Waals surface area contributed by atoms with E-state index in [1.807, 2.05) is 29.2 Å². The molecule has 7 heteroatoms. The Morgan fingerprint density at radius 3 is 2.45 bits per heavy atom. The lowest BCUT2D eigenvalue weighted by atomic mass is 10.1. The van der Waals surface area contributed by atoms with Crippen LogP contribution in [0, 0.1) is 0 Å². The lowest BCUT2D eigenvalue weighted by Gasteiger charge is -2.29. The topological polar surface area (TPSA) is 84.3 Å². The SMILES string of the molecule is CC(=O)N1CCCCCCCN(CC(=O)N(C)CC(O)CO)Cc2ccccc21. The van der Waals surface area contributed by atoms with E-state index in [1.165, 1.54) is 4.90 Å². The van der Waals surface area contributed by atoms with Crippen molar-refractivity contribution < 1.29 is 19.8 Å². The largest absolute Gasteiger partial charge is 0.394 e. The Morgan fingerprint density at radius 1 is 1.10 bits per heavy atom. The van der Waals surface area contributed by atoms with Crippen LogP contribution in [-0.2, 0) is 16.1 Å². The summed E-state index contributed by atoms with van der Waals surface area (Å²) in [6, 6.07) is 7.91. The van der Waals surface area contributed by atoms with Gasteiger partial charge in [-0.1, -0.05) is 37.5 Å². The third-order valence-corrected chi connectivity index (χ3v) is 5.39. The first-order valence-corrected chi connectivity index (χ1v) is 10.5. The van der Waals surface area contributed by atoms with Crippen LogP contribution < -0.4 is 4.90 Å². The number of anilines is 1. The summed E-state index contributed by atoms with van der Waals surface area (Å²) in [6.45, 7) is 3.69. The van der Waals surface area contributed by atoms with Gasteiger partial charge in [-0.3, -0.25) is 14.5 Å². The molecule has 0 fully saturated rings. The maximum atomic E-state index is 12.6. The molecule has 0 saturated carbocycles. The van der Waals surface area contributed by atoms with Gasteiger partial charge in [-0.25, -0.2) is 0 Å². The molecule has 7 nitrogen and oxygen atoms in total. The highest BCUT2D eigenvalue weighted by Gasteiger charge is 2.20. The van der Waals surface area contributed by atoms with E-state index in [9.17, 15) is 14.7 Å². The van der Waals surface area contributed by atoms with Gasteiger partial charge in [0, 0.05) is 39.3 Å². The van der Waals surface area contributed by atoms with Gasteiger partial charge in [0.25, 0.3) is 0 Å². The molecule has 1 aliphatic rings. The summed E-state index contributed by atoms with van der Waals surface area (Å²) in [4.78, 5) is 30.3. The molecule has 2 N–H and O–H groups in total. The summed E-state index contributed by atoms with van der Waals surface area (Å²) in [5.74, 6) is -0.0552. The van der Waals surface area contributed by atoms with E-state index in [0.717, 1.165) is 49.9 Å². The van der Waals surface area contributed by atoms with Gasteiger partial charge in [-0.05, 0) is 31.0 Å². The predicted octanol–water partition coefficient (Wildman–Crippen LogP) is 1.62. The van der Waals surface area contributed by atoms with Crippen molar-refractivity contribution in [2.75, 3.05) is 44.7 Å². The average Bonchev–Trinajstić information content (AvgIpc) is 2.69. The number of benzene rings is 1. The van der Waals surface area contributed by atoms with E-state index in [0.29, 0.717) is 13.1 Å². The molecule has 162 valence electrons. The first-order chi connectivity index (χ1) is 13.9. The number of hydrogen-bond donors (Lipinski definition) is 2. The number of amides is 2. The van der Waals surface area contributed by atoms with Crippen LogP contribution in [0.3, 0.4) is 0 Å². The first-order valence-electron chi connectivity index (χ1n) is 10.5. The fourth-order valence-corrected chi connectivity index (χ4v) is 3.73. The van der Waals surface area contributed by atoms with Crippen LogP contribution in [-0.4, -0.2) is 77.8 Å². The number of carbonyl (C=O) groups is 2. The summed E-state index contributed by atoms with van der Waals surface area (Å²) in [5, 5.41) is 18.6. The summed E-state index contributed by atoms with van der Waals surface area (Å²) in [7, 11) is 1.64. The highest BCUT2D eigenvalue weighted by Crippen LogP contribution is 2.24. The quantitative estimate of drug-likeness (QED) is 0.778. The van der Waals surface area contributed by atoms with Gasteiger partial charge >= 0.3 is 0 Å². The van der Waals surface area contributed by atoms with Crippen molar-refractivity contribution >= 4 is 17.5 Å². The predicted molar refractivity (Wildman–Crippen MR) is 114 cm³/mol. The molecule has 29 heavy (non-hydrogen) atoms. The van der Waals surface area contributed by atoms with Crippen molar-refractivity contribution in [3.8, 4) is 0 Å². The fraction of sp³-hybridized carbons (Fsp3) is 0.636. The Kier molecular flexibility index (Phi) is 9.57. The summed E-state index contributed by atoms with van der Waals surface area (Å²) in [6.07, 6.45) is 4.40. The first kappa shape index (κ1) is 23.3. The molecule has 1 aromatic rings. The third-order valence-electron chi connectivity index (χ3n) is 5.39. The molecule has 2 amide bonds. The van der Waals surface area contributed by atoms with E-state index >= 15 is 0 Å². The zero-order valence-corrected chi connectivity index (χ0v) is 17.7. The average molecular weight is 406 g/mol. The van der Waals surface area contributed by atoms with Gasteiger partial charge in [-0.2, -0.15) is 0 Å². The number of likely N-dealkylation sites (N-methyl/N-ethyl adjacent to an activating group) is 1. The molecule has 1 unspecified atom stereocenters. The number of aliphatic hydroxyl groups excluding tert-OH is 2. The van der Waals surface area contributed by atoms with E-state index in [2.05, 4.69) is 4.90 Å². The van der Waals surface area contributed by atoms with Gasteiger partial charge in [-0.15, -0.1) is 0 Å². The molecule has 2 rings (SSSR count). The van der Waals surface area contributed by atoms with Crippen LogP contribution >= 0.6 is 0 Å². The monoisotopic (exact) mass is 405 g/mol. The number of rotatable bonds is 5. The van der Waals surface area contributed by atoms with Crippen LogP contribution in [0.2, 0.25) is 0 Å². The Balaban J connectivity index is 2.19. The molecule has 1 aromatic carbocycles. The zero-order valence-electron chi connectivity index (χ0n) is 17.7. The van der Waals surface area contributed by atoms with Gasteiger partial charge in [0.15, 0.2) is 0 Å². The van der Waals surface area contributed by atoms with Crippen molar-refractivity contribution in [3.63, 3.8) is 0 Å². The summed E-state index contributed by atoms with van der Waals surface area (Å²) >= 11 is 0. The molecule has 0 bridgehead atoms. The Labute approximate surface area is 173 Å². The number of aliphatic hydroxyl groups is 2. The Morgan fingerprint density at radius 2 is 1.76 bits per heavy atom. The standard InChI is InChI=1S/C22H35N3O4/c1-18(27)25-13-9-5-3-4-8-12-24(14-19-10-6-7-11-21(19)25)16-22(29)23(2)15-20(28)17-26/h6-7,10-11,20,26,28H,3-5,8-9,12-17H2,1-2H3. The normalized spacial score (nSPS) is 17.6. The van der Waals surface area contributed by atoms with Gasteiger partial charge in [0.2, 0.25) is 11.8 Å². The molecule has 0 radical (unpaired) electrons. The second kappa shape index (κ2) is 11.9.